The van der Waals surface area contributed by atoms with Crippen LogP contribution in [-0.4, -0.2) is 98.8 Å². The molecule has 0 spiro atoms. The Hall–Kier alpha value is -1.96. The third-order valence-electron chi connectivity index (χ3n) is 7.02. The van der Waals surface area contributed by atoms with Gasteiger partial charge < -0.3 is 33.4 Å². The average molecular weight is 649 g/mol. The Labute approximate surface area is 273 Å². The highest BCUT2D eigenvalue weighted by Crippen LogP contribution is 2.31. The molecular formula is C30H50B2N4O6S2. The first-order valence-electron chi connectivity index (χ1n) is 15.2. The van der Waals surface area contributed by atoms with Crippen LogP contribution < -0.4 is 0 Å². The Morgan fingerprint density at radius 3 is 1.64 bits per heavy atom. The molecule has 44 heavy (non-hydrogen) atoms. The molecule has 0 saturated carbocycles. The van der Waals surface area contributed by atoms with Gasteiger partial charge >= 0.3 is 5.97 Å². The van der Waals surface area contributed by atoms with Crippen molar-refractivity contribution in [3.8, 4) is 0 Å². The van der Waals surface area contributed by atoms with E-state index in [0.717, 1.165) is 34.5 Å². The van der Waals surface area contributed by atoms with Crippen molar-refractivity contribution < 1.29 is 28.6 Å². The number of carbonyl (C=O) groups is 3. The zero-order chi connectivity index (χ0) is 33.2. The number of aryl methyl sites for hydroxylation is 1. The van der Waals surface area contributed by atoms with Crippen molar-refractivity contribution in [2.24, 2.45) is 11.8 Å². The van der Waals surface area contributed by atoms with Gasteiger partial charge in [0.05, 0.1) is 19.0 Å². The maximum Gasteiger partial charge on any atom is 0.357 e. The minimum atomic E-state index is -0.415. The zero-order valence-electron chi connectivity index (χ0n) is 28.0. The molecule has 0 N–H and O–H groups in total. The van der Waals surface area contributed by atoms with Crippen LogP contribution in [0, 0.1) is 18.8 Å². The highest BCUT2D eigenvalue weighted by Gasteiger charge is 2.28. The second-order valence-corrected chi connectivity index (χ2v) is 12.8. The fraction of sp³-hybridized carbons (Fsp3) is 0.700. The van der Waals surface area contributed by atoms with E-state index in [1.807, 2.05) is 49.9 Å². The highest BCUT2D eigenvalue weighted by atomic mass is 32.1. The number of thiazole rings is 2. The van der Waals surface area contributed by atoms with Crippen molar-refractivity contribution in [3.63, 3.8) is 0 Å². The topological polar surface area (TPSA) is 111 Å². The van der Waals surface area contributed by atoms with Crippen LogP contribution in [0.1, 0.15) is 99.7 Å². The van der Waals surface area contributed by atoms with E-state index in [-0.39, 0.29) is 24.3 Å². The van der Waals surface area contributed by atoms with Crippen LogP contribution in [0.2, 0.25) is 0 Å². The van der Waals surface area contributed by atoms with Crippen LogP contribution in [0.4, 0.5) is 0 Å². The Morgan fingerprint density at radius 2 is 1.27 bits per heavy atom. The number of ether oxygens (including phenoxy) is 3. The van der Waals surface area contributed by atoms with Crippen LogP contribution in [-0.2, 0) is 23.8 Å². The monoisotopic (exact) mass is 648 g/mol. The number of carbonyl (C=O) groups excluding carboxylic acids is 3. The van der Waals surface area contributed by atoms with Gasteiger partial charge in [-0.15, -0.1) is 22.7 Å². The van der Waals surface area contributed by atoms with Crippen LogP contribution in [0.15, 0.2) is 10.8 Å². The summed E-state index contributed by atoms with van der Waals surface area (Å²) in [6.07, 6.45) is 2.90. The molecule has 0 amide bonds. The Balaban J connectivity index is 0.000000447. The summed E-state index contributed by atoms with van der Waals surface area (Å²) in [7, 11) is 6.93. The van der Waals surface area contributed by atoms with E-state index < -0.39 is 5.97 Å². The smallest absolute Gasteiger partial charge is 0.357 e. The predicted molar refractivity (Wildman–Crippen MR) is 181 cm³/mol. The lowest BCUT2D eigenvalue weighted by Gasteiger charge is -2.32. The fourth-order valence-electron chi connectivity index (χ4n) is 4.81. The molecule has 2 heterocycles. The lowest BCUT2D eigenvalue weighted by molar-refractivity contribution is 0.0360. The fourth-order valence-corrected chi connectivity index (χ4v) is 6.51. The summed E-state index contributed by atoms with van der Waals surface area (Å²) in [5, 5.41) is 5.53. The van der Waals surface area contributed by atoms with Gasteiger partial charge in [0.15, 0.2) is 5.69 Å². The number of aromatic nitrogens is 2. The summed E-state index contributed by atoms with van der Waals surface area (Å²) in [6, 6.07) is 0.377. The summed E-state index contributed by atoms with van der Waals surface area (Å²) >= 11 is 3.04. The summed E-state index contributed by atoms with van der Waals surface area (Å²) in [5.74, 6) is 0.348. The molecule has 0 aliphatic rings. The molecule has 0 bridgehead atoms. The third kappa shape index (κ3) is 13.6. The first kappa shape index (κ1) is 40.1. The molecular weight excluding hydrogens is 598 g/mol. The first-order valence-corrected chi connectivity index (χ1v) is 17.0. The minimum absolute atomic E-state index is 0.00592. The number of hydrogen-bond donors (Lipinski definition) is 0. The normalized spacial score (nSPS) is 14.1. The van der Waals surface area contributed by atoms with Gasteiger partial charge in [-0.25, -0.2) is 14.8 Å². The molecule has 0 saturated heterocycles. The second kappa shape index (κ2) is 21.7. The van der Waals surface area contributed by atoms with Gasteiger partial charge in [0.25, 0.3) is 14.8 Å². The largest absolute Gasteiger partial charge is 0.461 e. The maximum absolute atomic E-state index is 11.8. The summed E-state index contributed by atoms with van der Waals surface area (Å²) in [4.78, 5) is 46.1. The highest BCUT2D eigenvalue weighted by molar-refractivity contribution is 7.10. The lowest BCUT2D eigenvalue weighted by Crippen LogP contribution is -2.40. The Bertz CT molecular complexity index is 1100. The van der Waals surface area contributed by atoms with Gasteiger partial charge in [0.1, 0.15) is 22.2 Å². The molecule has 2 rings (SSSR count). The third-order valence-corrected chi connectivity index (χ3v) is 9.01. The number of esters is 1. The molecule has 2 aromatic rings. The van der Waals surface area contributed by atoms with Gasteiger partial charge in [-0.3, -0.25) is 0 Å². The van der Waals surface area contributed by atoms with E-state index in [9.17, 15) is 14.4 Å². The summed E-state index contributed by atoms with van der Waals surface area (Å²) in [6.45, 7) is 17.8. The Kier molecular flexibility index (Phi) is 19.8. The summed E-state index contributed by atoms with van der Waals surface area (Å²) in [5.41, 5.74) is 1.35. The molecule has 10 nitrogen and oxygen atoms in total. The van der Waals surface area contributed by atoms with Crippen molar-refractivity contribution in [3.05, 3.63) is 32.2 Å². The van der Waals surface area contributed by atoms with Crippen LogP contribution in [0.3, 0.4) is 0 Å². The predicted octanol–water partition coefficient (Wildman–Crippen LogP) is 5.24. The van der Waals surface area contributed by atoms with E-state index in [1.54, 1.807) is 31.1 Å². The number of hydrogen-bond acceptors (Lipinski definition) is 12. The number of nitrogens with zero attached hydrogens (tertiary/aromatic N) is 4. The van der Waals surface area contributed by atoms with E-state index in [0.29, 0.717) is 43.8 Å². The molecule has 0 aliphatic carbocycles. The van der Waals surface area contributed by atoms with Crippen molar-refractivity contribution in [1.82, 2.24) is 19.6 Å². The molecule has 244 valence electrons. The second-order valence-electron chi connectivity index (χ2n) is 11.0. The van der Waals surface area contributed by atoms with Crippen LogP contribution >= 0.6 is 22.7 Å². The van der Waals surface area contributed by atoms with Crippen molar-refractivity contribution >= 4 is 55.8 Å². The van der Waals surface area contributed by atoms with Crippen LogP contribution in [0.25, 0.3) is 0 Å². The van der Waals surface area contributed by atoms with E-state index in [1.165, 1.54) is 18.8 Å². The molecule has 2 aromatic heterocycles. The SMILES string of the molecule is CCOC(=O)c1csc([C@H](C[C@H](C(C)C)N(C)[B]C=O)OCC)n1.CCO[C@H](C[C@@H](C(C)C)N(C)[B]C=O)c1nc(C)cs1. The first-order chi connectivity index (χ1) is 20.9. The standard InChI is InChI=1S/C16H26BN2O4S.C14H24BN2O2S/c1-6-22-14(8-13(11(3)4)19(5)17-10-20)15-18-12(9-24-15)16(21)23-7-2;1-6-19-13(14-16-11(4)8-20-14)7-12(10(2)3)17(5)15-9-18/h9-11,13-14H,6-8H2,1-5H3;8-10,12-13H,6-7H2,1-5H3/t13-,14+;12-,13+/m10/s1. The van der Waals surface area contributed by atoms with Gasteiger partial charge in [0.2, 0.25) is 0 Å². The van der Waals surface area contributed by atoms with Crippen molar-refractivity contribution in [2.45, 2.75) is 92.5 Å². The van der Waals surface area contributed by atoms with Crippen molar-refractivity contribution in [1.29, 1.82) is 0 Å². The van der Waals surface area contributed by atoms with E-state index in [2.05, 4.69) is 37.7 Å². The molecule has 0 fully saturated rings. The van der Waals surface area contributed by atoms with Gasteiger partial charge in [-0.2, -0.15) is 0 Å². The maximum atomic E-state index is 11.8. The minimum Gasteiger partial charge on any atom is -0.461 e. The Morgan fingerprint density at radius 1 is 0.818 bits per heavy atom. The zero-order valence-corrected chi connectivity index (χ0v) is 29.7. The quantitative estimate of drug-likeness (QED) is 0.107. The van der Waals surface area contributed by atoms with Gasteiger partial charge in [-0.05, 0) is 66.5 Å². The van der Waals surface area contributed by atoms with E-state index >= 15 is 0 Å². The lowest BCUT2D eigenvalue weighted by atomic mass is 9.86. The molecule has 4 atom stereocenters. The van der Waals surface area contributed by atoms with Crippen LogP contribution in [0.5, 0.6) is 0 Å². The van der Waals surface area contributed by atoms with Gasteiger partial charge in [-0.1, -0.05) is 27.7 Å². The molecule has 2 radical (unpaired) electrons. The van der Waals surface area contributed by atoms with Gasteiger partial charge in [0, 0.05) is 41.8 Å². The van der Waals surface area contributed by atoms with Crippen molar-refractivity contribution in [2.75, 3.05) is 33.9 Å². The molecule has 14 heteroatoms. The number of rotatable bonds is 20. The molecule has 0 unspecified atom stereocenters. The van der Waals surface area contributed by atoms with E-state index in [4.69, 9.17) is 14.2 Å². The molecule has 0 aliphatic heterocycles. The molecule has 0 aromatic carbocycles. The average Bonchev–Trinajstić information content (AvgIpc) is 3.63. The summed E-state index contributed by atoms with van der Waals surface area (Å²) < 4.78 is 16.7.